The van der Waals surface area contributed by atoms with E-state index in [1.165, 1.54) is 0 Å². The van der Waals surface area contributed by atoms with E-state index in [1.807, 2.05) is 0 Å². The van der Waals surface area contributed by atoms with Gasteiger partial charge in [0.2, 0.25) is 0 Å². The smallest absolute Gasteiger partial charge is 0.307 e. The molecule has 0 atom stereocenters. The van der Waals surface area contributed by atoms with Crippen LogP contribution < -0.4 is 5.73 Å². The monoisotopic (exact) mass is 295 g/mol. The number of benzene rings is 2. The second kappa shape index (κ2) is 5.51. The minimum absolute atomic E-state index is 0.122. The predicted octanol–water partition coefficient (Wildman–Crippen LogP) is 3.87. The molecule has 0 aromatic heterocycles. The van der Waals surface area contributed by atoms with Gasteiger partial charge in [-0.25, -0.2) is 0 Å². The van der Waals surface area contributed by atoms with Gasteiger partial charge in [0.1, 0.15) is 0 Å². The number of carboxylic acids is 1. The number of anilines is 1. The van der Waals surface area contributed by atoms with E-state index >= 15 is 0 Å². The Morgan fingerprint density at radius 3 is 2.53 bits per heavy atom. The summed E-state index contributed by atoms with van der Waals surface area (Å²) < 4.78 is 0. The lowest BCUT2D eigenvalue weighted by atomic mass is 9.96. The van der Waals surface area contributed by atoms with Crippen molar-refractivity contribution < 1.29 is 9.90 Å². The predicted molar refractivity (Wildman–Crippen MR) is 77.7 cm³/mol. The van der Waals surface area contributed by atoms with Crippen LogP contribution in [0.15, 0.2) is 36.4 Å². The maximum absolute atomic E-state index is 10.9. The normalized spacial score (nSPS) is 10.4. The Morgan fingerprint density at radius 1 is 1.16 bits per heavy atom. The topological polar surface area (TPSA) is 63.3 Å². The van der Waals surface area contributed by atoms with Crippen LogP contribution in [0.5, 0.6) is 0 Å². The quantitative estimate of drug-likeness (QED) is 0.845. The van der Waals surface area contributed by atoms with Crippen LogP contribution in [0, 0.1) is 0 Å². The Morgan fingerprint density at radius 2 is 1.84 bits per heavy atom. The molecule has 0 saturated carbocycles. The van der Waals surface area contributed by atoms with E-state index in [9.17, 15) is 4.79 Å². The highest BCUT2D eigenvalue weighted by Crippen LogP contribution is 2.38. The van der Waals surface area contributed by atoms with Crippen molar-refractivity contribution >= 4 is 34.9 Å². The van der Waals surface area contributed by atoms with Gasteiger partial charge in [-0.2, -0.15) is 0 Å². The van der Waals surface area contributed by atoms with Crippen LogP contribution in [0.4, 0.5) is 5.69 Å². The fourth-order valence-corrected chi connectivity index (χ4v) is 2.35. The SMILES string of the molecule is Nc1cccc(CC(=O)O)c1-c1cccc(Cl)c1Cl. The largest absolute Gasteiger partial charge is 0.481 e. The molecule has 5 heteroatoms. The molecule has 0 aliphatic heterocycles. The molecule has 0 fully saturated rings. The molecule has 0 aliphatic rings. The van der Waals surface area contributed by atoms with E-state index in [1.54, 1.807) is 36.4 Å². The fraction of sp³-hybridized carbons (Fsp3) is 0.0714. The lowest BCUT2D eigenvalue weighted by molar-refractivity contribution is -0.136. The van der Waals surface area contributed by atoms with E-state index < -0.39 is 5.97 Å². The van der Waals surface area contributed by atoms with E-state index in [0.717, 1.165) is 0 Å². The van der Waals surface area contributed by atoms with Gasteiger partial charge in [-0.3, -0.25) is 4.79 Å². The first-order chi connectivity index (χ1) is 9.00. The highest BCUT2D eigenvalue weighted by atomic mass is 35.5. The van der Waals surface area contributed by atoms with Gasteiger partial charge < -0.3 is 10.8 Å². The number of carbonyl (C=O) groups is 1. The van der Waals surface area contributed by atoms with E-state index in [4.69, 9.17) is 34.0 Å². The second-order valence-corrected chi connectivity index (χ2v) is 4.84. The number of rotatable bonds is 3. The molecule has 2 aromatic carbocycles. The summed E-state index contributed by atoms with van der Waals surface area (Å²) in [6, 6.07) is 10.3. The summed E-state index contributed by atoms with van der Waals surface area (Å²) in [6.07, 6.45) is -0.122. The van der Waals surface area contributed by atoms with Gasteiger partial charge in [0.15, 0.2) is 0 Å². The Hall–Kier alpha value is -1.71. The molecular formula is C14H11Cl2NO2. The average molecular weight is 296 g/mol. The van der Waals surface area contributed by atoms with Crippen LogP contribution in [-0.4, -0.2) is 11.1 Å². The highest BCUT2D eigenvalue weighted by Gasteiger charge is 2.15. The van der Waals surface area contributed by atoms with Gasteiger partial charge in [0.05, 0.1) is 16.5 Å². The molecule has 0 unspecified atom stereocenters. The Balaban J connectivity index is 2.67. The minimum atomic E-state index is -0.926. The van der Waals surface area contributed by atoms with Crippen LogP contribution in [0.3, 0.4) is 0 Å². The van der Waals surface area contributed by atoms with Gasteiger partial charge in [-0.15, -0.1) is 0 Å². The third-order valence-electron chi connectivity index (χ3n) is 2.75. The molecule has 3 nitrogen and oxygen atoms in total. The molecule has 0 amide bonds. The van der Waals surface area contributed by atoms with Crippen LogP contribution >= 0.6 is 23.2 Å². The Kier molecular flexibility index (Phi) is 3.98. The molecule has 2 aromatic rings. The molecule has 19 heavy (non-hydrogen) atoms. The molecule has 0 aliphatic carbocycles. The summed E-state index contributed by atoms with van der Waals surface area (Å²) >= 11 is 12.2. The van der Waals surface area contributed by atoms with Gasteiger partial charge in [0, 0.05) is 16.8 Å². The summed E-state index contributed by atoms with van der Waals surface area (Å²) in [5.41, 5.74) is 8.30. The second-order valence-electron chi connectivity index (χ2n) is 4.05. The first-order valence-corrected chi connectivity index (χ1v) is 6.30. The number of hydrogen-bond acceptors (Lipinski definition) is 2. The maximum atomic E-state index is 10.9. The van der Waals surface area contributed by atoms with Crippen molar-refractivity contribution in [1.29, 1.82) is 0 Å². The minimum Gasteiger partial charge on any atom is -0.481 e. The van der Waals surface area contributed by atoms with E-state index in [0.29, 0.717) is 32.4 Å². The van der Waals surface area contributed by atoms with Crippen molar-refractivity contribution in [2.24, 2.45) is 0 Å². The summed E-state index contributed by atoms with van der Waals surface area (Å²) in [7, 11) is 0. The van der Waals surface area contributed by atoms with Gasteiger partial charge >= 0.3 is 5.97 Å². The van der Waals surface area contributed by atoms with Crippen LogP contribution in [-0.2, 0) is 11.2 Å². The van der Waals surface area contributed by atoms with Crippen molar-refractivity contribution in [2.75, 3.05) is 5.73 Å². The van der Waals surface area contributed by atoms with Gasteiger partial charge in [-0.05, 0) is 17.7 Å². The summed E-state index contributed by atoms with van der Waals surface area (Å²) in [5.74, 6) is -0.926. The van der Waals surface area contributed by atoms with E-state index in [2.05, 4.69) is 0 Å². The zero-order valence-electron chi connectivity index (χ0n) is 9.86. The lowest BCUT2D eigenvalue weighted by Crippen LogP contribution is -2.04. The lowest BCUT2D eigenvalue weighted by Gasteiger charge is -2.13. The van der Waals surface area contributed by atoms with Crippen molar-refractivity contribution in [2.45, 2.75) is 6.42 Å². The number of hydrogen-bond donors (Lipinski definition) is 2. The van der Waals surface area contributed by atoms with E-state index in [-0.39, 0.29) is 6.42 Å². The molecule has 0 saturated heterocycles. The van der Waals surface area contributed by atoms with Crippen molar-refractivity contribution in [3.05, 3.63) is 52.0 Å². The number of nitrogen functional groups attached to an aromatic ring is 1. The van der Waals surface area contributed by atoms with Gasteiger partial charge in [-0.1, -0.05) is 47.5 Å². The first kappa shape index (κ1) is 13.7. The average Bonchev–Trinajstić information content (AvgIpc) is 2.33. The fourth-order valence-electron chi connectivity index (χ4n) is 1.96. The maximum Gasteiger partial charge on any atom is 0.307 e. The number of carboxylic acid groups (broad SMARTS) is 1. The molecular weight excluding hydrogens is 285 g/mol. The molecule has 2 rings (SSSR count). The number of halogens is 2. The van der Waals surface area contributed by atoms with Crippen molar-refractivity contribution in [3.8, 4) is 11.1 Å². The van der Waals surface area contributed by atoms with Crippen molar-refractivity contribution in [1.82, 2.24) is 0 Å². The number of aliphatic carboxylic acids is 1. The third kappa shape index (κ3) is 2.83. The Bertz CT molecular complexity index is 641. The number of nitrogens with two attached hydrogens (primary N) is 1. The molecule has 0 bridgehead atoms. The van der Waals surface area contributed by atoms with Crippen LogP contribution in [0.1, 0.15) is 5.56 Å². The molecule has 0 spiro atoms. The summed E-state index contributed by atoms with van der Waals surface area (Å²) in [6.45, 7) is 0. The highest BCUT2D eigenvalue weighted by molar-refractivity contribution is 6.43. The molecule has 3 N–H and O–H groups in total. The van der Waals surface area contributed by atoms with Crippen LogP contribution in [0.25, 0.3) is 11.1 Å². The Labute approximate surface area is 120 Å². The van der Waals surface area contributed by atoms with Crippen molar-refractivity contribution in [3.63, 3.8) is 0 Å². The molecule has 98 valence electrons. The molecule has 0 heterocycles. The van der Waals surface area contributed by atoms with Crippen LogP contribution in [0.2, 0.25) is 10.0 Å². The van der Waals surface area contributed by atoms with Gasteiger partial charge in [0.25, 0.3) is 0 Å². The first-order valence-electron chi connectivity index (χ1n) is 5.54. The summed E-state index contributed by atoms with van der Waals surface area (Å²) in [4.78, 5) is 10.9. The zero-order valence-corrected chi connectivity index (χ0v) is 11.4. The third-order valence-corrected chi connectivity index (χ3v) is 3.56. The summed E-state index contributed by atoms with van der Waals surface area (Å²) in [5, 5.41) is 9.73. The molecule has 0 radical (unpaired) electrons. The standard InChI is InChI=1S/C14H11Cl2NO2/c15-10-5-2-4-9(14(10)16)13-8(7-12(18)19)3-1-6-11(13)17/h1-6H,7,17H2,(H,18,19). The zero-order chi connectivity index (χ0) is 14.0.